The molecule has 1 atom stereocenters. The van der Waals surface area contributed by atoms with Crippen LogP contribution in [0.4, 0.5) is 4.39 Å². The molecule has 0 bridgehead atoms. The molecular weight excluding hydrogens is 409 g/mol. The van der Waals surface area contributed by atoms with Gasteiger partial charge in [0.2, 0.25) is 0 Å². The van der Waals surface area contributed by atoms with E-state index >= 15 is 0 Å². The maximum atomic E-state index is 14.4. The molecule has 1 aromatic carbocycles. The van der Waals surface area contributed by atoms with Gasteiger partial charge in [-0.2, -0.15) is 11.3 Å². The van der Waals surface area contributed by atoms with Crippen molar-refractivity contribution in [3.8, 4) is 0 Å². The van der Waals surface area contributed by atoms with Gasteiger partial charge in [0.15, 0.2) is 0 Å². The number of likely N-dealkylation sites (tertiary alicyclic amines) is 1. The largest absolute Gasteiger partial charge is 0.338 e. The number of aromatic nitrogens is 1. The summed E-state index contributed by atoms with van der Waals surface area (Å²) >= 11 is 1.52. The van der Waals surface area contributed by atoms with Crippen molar-refractivity contribution in [3.63, 3.8) is 0 Å². The van der Waals surface area contributed by atoms with Crippen molar-refractivity contribution in [1.29, 1.82) is 0 Å². The van der Waals surface area contributed by atoms with Crippen LogP contribution in [0.5, 0.6) is 0 Å². The molecule has 4 nitrogen and oxygen atoms in total. The number of benzene rings is 1. The van der Waals surface area contributed by atoms with E-state index in [1.54, 1.807) is 12.3 Å². The number of piperidine rings is 1. The highest BCUT2D eigenvalue weighted by molar-refractivity contribution is 7.08. The predicted molar refractivity (Wildman–Crippen MR) is 123 cm³/mol. The van der Waals surface area contributed by atoms with E-state index in [4.69, 9.17) is 0 Å². The summed E-state index contributed by atoms with van der Waals surface area (Å²) in [6.45, 7) is 2.82. The normalized spacial score (nSPS) is 16.2. The van der Waals surface area contributed by atoms with Gasteiger partial charge in [0, 0.05) is 37.4 Å². The predicted octanol–water partition coefficient (Wildman–Crippen LogP) is 4.88. The van der Waals surface area contributed by atoms with Crippen molar-refractivity contribution in [2.75, 3.05) is 20.1 Å². The fourth-order valence-electron chi connectivity index (χ4n) is 4.50. The third kappa shape index (κ3) is 5.38. The smallest absolute Gasteiger partial charge is 0.254 e. The van der Waals surface area contributed by atoms with E-state index < -0.39 is 0 Å². The molecule has 3 aromatic rings. The first-order valence-corrected chi connectivity index (χ1v) is 11.7. The van der Waals surface area contributed by atoms with E-state index in [0.717, 1.165) is 32.5 Å². The summed E-state index contributed by atoms with van der Waals surface area (Å²) in [5.41, 5.74) is 2.60. The summed E-state index contributed by atoms with van der Waals surface area (Å²) in [4.78, 5) is 21.6. The van der Waals surface area contributed by atoms with Gasteiger partial charge in [-0.3, -0.25) is 14.7 Å². The Morgan fingerprint density at radius 3 is 2.71 bits per heavy atom. The Morgan fingerprint density at radius 2 is 2.03 bits per heavy atom. The number of nitrogens with zero attached hydrogens (tertiary/aromatic N) is 3. The van der Waals surface area contributed by atoms with Gasteiger partial charge in [-0.1, -0.05) is 24.3 Å². The lowest BCUT2D eigenvalue weighted by Crippen LogP contribution is -2.47. The molecule has 3 heterocycles. The van der Waals surface area contributed by atoms with Crippen molar-refractivity contribution in [2.24, 2.45) is 5.92 Å². The third-order valence-corrected chi connectivity index (χ3v) is 6.96. The number of hydrogen-bond acceptors (Lipinski definition) is 4. The summed E-state index contributed by atoms with van der Waals surface area (Å²) in [6.07, 6.45) is 6.22. The van der Waals surface area contributed by atoms with Gasteiger partial charge in [-0.05, 0) is 73.0 Å². The first-order valence-electron chi connectivity index (χ1n) is 10.8. The van der Waals surface area contributed by atoms with Gasteiger partial charge >= 0.3 is 0 Å². The zero-order chi connectivity index (χ0) is 21.6. The molecule has 0 spiro atoms. The van der Waals surface area contributed by atoms with Crippen LogP contribution >= 0.6 is 11.3 Å². The Hall–Kier alpha value is -2.57. The van der Waals surface area contributed by atoms with Gasteiger partial charge in [0.25, 0.3) is 5.91 Å². The summed E-state index contributed by atoms with van der Waals surface area (Å²) in [5, 5.41) is 3.80. The van der Waals surface area contributed by atoms with Crippen molar-refractivity contribution in [1.82, 2.24) is 14.8 Å². The Balaban J connectivity index is 1.48. The molecule has 0 saturated carbocycles. The molecule has 1 fully saturated rings. The minimum Gasteiger partial charge on any atom is -0.338 e. The van der Waals surface area contributed by atoms with Crippen LogP contribution in [0, 0.1) is 11.7 Å². The molecule has 6 heteroatoms. The number of likely N-dealkylation sites (N-methyl/N-ethyl adjacent to an activating group) is 1. The lowest BCUT2D eigenvalue weighted by Gasteiger charge is -2.40. The minimum atomic E-state index is -0.196. The molecule has 1 saturated heterocycles. The van der Waals surface area contributed by atoms with Gasteiger partial charge in [0.05, 0.1) is 5.56 Å². The van der Waals surface area contributed by atoms with Crippen molar-refractivity contribution >= 4 is 17.2 Å². The van der Waals surface area contributed by atoms with Crippen molar-refractivity contribution < 1.29 is 9.18 Å². The molecule has 2 aromatic heterocycles. The standard InChI is InChI=1S/C25H28FN3OS/c1-28(25(30)22-10-14-31-18-22)24(15-21-6-2-3-7-23(21)26)20-8-12-29(13-9-20)17-19-5-4-11-27-16-19/h2-7,10-11,14,16,18,20,24H,8-9,12-13,15,17H2,1H3. The van der Waals surface area contributed by atoms with Crippen LogP contribution in [0.15, 0.2) is 65.6 Å². The molecule has 162 valence electrons. The minimum absolute atomic E-state index is 0.0142. The lowest BCUT2D eigenvalue weighted by molar-refractivity contribution is 0.0584. The van der Waals surface area contributed by atoms with E-state index in [9.17, 15) is 9.18 Å². The van der Waals surface area contributed by atoms with E-state index in [1.807, 2.05) is 53.2 Å². The molecule has 0 N–H and O–H groups in total. The number of rotatable bonds is 7. The number of carbonyl (C=O) groups excluding carboxylic acids is 1. The maximum absolute atomic E-state index is 14.4. The lowest BCUT2D eigenvalue weighted by atomic mass is 9.84. The second-order valence-corrected chi connectivity index (χ2v) is 9.05. The molecule has 31 heavy (non-hydrogen) atoms. The van der Waals surface area contributed by atoms with Crippen LogP contribution in [0.2, 0.25) is 0 Å². The monoisotopic (exact) mass is 437 g/mol. The highest BCUT2D eigenvalue weighted by Crippen LogP contribution is 2.29. The average Bonchev–Trinajstić information content (AvgIpc) is 3.34. The summed E-state index contributed by atoms with van der Waals surface area (Å²) in [5.74, 6) is 0.149. The van der Waals surface area contributed by atoms with Crippen LogP contribution in [-0.2, 0) is 13.0 Å². The van der Waals surface area contributed by atoms with Crippen LogP contribution in [0.3, 0.4) is 0 Å². The highest BCUT2D eigenvalue weighted by atomic mass is 32.1. The summed E-state index contributed by atoms with van der Waals surface area (Å²) in [7, 11) is 1.87. The number of thiophene rings is 1. The van der Waals surface area contributed by atoms with Crippen LogP contribution in [0.1, 0.15) is 34.3 Å². The number of amides is 1. The Bertz CT molecular complexity index is 971. The molecule has 0 radical (unpaired) electrons. The van der Waals surface area contributed by atoms with E-state index in [1.165, 1.54) is 23.0 Å². The van der Waals surface area contributed by atoms with E-state index in [-0.39, 0.29) is 17.8 Å². The number of pyridine rings is 1. The topological polar surface area (TPSA) is 36.4 Å². The molecule has 0 aliphatic carbocycles. The fourth-order valence-corrected chi connectivity index (χ4v) is 5.12. The summed E-state index contributed by atoms with van der Waals surface area (Å²) in [6, 6.07) is 12.8. The molecule has 4 rings (SSSR count). The quantitative estimate of drug-likeness (QED) is 0.529. The highest BCUT2D eigenvalue weighted by Gasteiger charge is 2.32. The first kappa shape index (κ1) is 21.7. The third-order valence-electron chi connectivity index (χ3n) is 6.28. The van der Waals surface area contributed by atoms with E-state index in [2.05, 4.69) is 16.0 Å². The SMILES string of the molecule is CN(C(=O)c1ccsc1)C(Cc1ccccc1F)C1CCN(Cc2cccnc2)CC1. The number of halogens is 1. The maximum Gasteiger partial charge on any atom is 0.254 e. The van der Waals surface area contributed by atoms with Gasteiger partial charge in [-0.25, -0.2) is 4.39 Å². The molecule has 1 aliphatic rings. The average molecular weight is 438 g/mol. The van der Waals surface area contributed by atoms with E-state index in [0.29, 0.717) is 23.5 Å². The second kappa shape index (κ2) is 10.2. The van der Waals surface area contributed by atoms with Crippen molar-refractivity contribution in [3.05, 3.63) is 88.1 Å². The molecule has 1 aliphatic heterocycles. The zero-order valence-corrected chi connectivity index (χ0v) is 18.6. The van der Waals surface area contributed by atoms with Gasteiger partial charge in [-0.15, -0.1) is 0 Å². The number of carbonyl (C=O) groups is 1. The number of hydrogen-bond donors (Lipinski definition) is 0. The molecular formula is C25H28FN3OS. The Kier molecular flexibility index (Phi) is 7.10. The Labute approximate surface area is 187 Å². The Morgan fingerprint density at radius 1 is 1.23 bits per heavy atom. The van der Waals surface area contributed by atoms with Crippen LogP contribution in [0.25, 0.3) is 0 Å². The van der Waals surface area contributed by atoms with Crippen LogP contribution in [-0.4, -0.2) is 46.9 Å². The molecule has 1 amide bonds. The zero-order valence-electron chi connectivity index (χ0n) is 17.8. The molecule has 1 unspecified atom stereocenters. The van der Waals surface area contributed by atoms with Crippen LogP contribution < -0.4 is 0 Å². The first-order chi connectivity index (χ1) is 15.1. The fraction of sp³-hybridized carbons (Fsp3) is 0.360. The summed E-state index contributed by atoms with van der Waals surface area (Å²) < 4.78 is 14.4. The van der Waals surface area contributed by atoms with Gasteiger partial charge < -0.3 is 4.90 Å². The van der Waals surface area contributed by atoms with Gasteiger partial charge in [0.1, 0.15) is 5.82 Å². The second-order valence-electron chi connectivity index (χ2n) is 8.27. The van der Waals surface area contributed by atoms with Crippen molar-refractivity contribution in [2.45, 2.75) is 31.8 Å².